The molecule has 0 saturated carbocycles. The second-order valence-electron chi connectivity index (χ2n) is 4.37. The number of hydrogen-bond acceptors (Lipinski definition) is 1. The highest BCUT2D eigenvalue weighted by Gasteiger charge is 2.07. The first-order chi connectivity index (χ1) is 8.99. The lowest BCUT2D eigenvalue weighted by atomic mass is 10.1. The van der Waals surface area contributed by atoms with E-state index in [1.165, 1.54) is 6.07 Å². The zero-order valence-corrected chi connectivity index (χ0v) is 13.0. The molecule has 2 aromatic carbocycles. The van der Waals surface area contributed by atoms with Gasteiger partial charge in [-0.1, -0.05) is 23.7 Å². The minimum atomic E-state index is -0.287. The van der Waals surface area contributed by atoms with Gasteiger partial charge in [0.05, 0.1) is 4.47 Å². The zero-order valence-electron chi connectivity index (χ0n) is 10.6. The first-order valence-electron chi connectivity index (χ1n) is 5.81. The van der Waals surface area contributed by atoms with E-state index < -0.39 is 0 Å². The summed E-state index contributed by atoms with van der Waals surface area (Å²) < 4.78 is 19.5. The molecule has 4 heteroatoms. The van der Waals surface area contributed by atoms with Gasteiger partial charge in [-0.2, -0.15) is 0 Å². The highest BCUT2D eigenvalue weighted by atomic mass is 79.9. The topological polar surface area (TPSA) is 9.23 Å². The van der Waals surface area contributed by atoms with Crippen LogP contribution >= 0.6 is 27.5 Å². The first kappa shape index (κ1) is 14.4. The van der Waals surface area contributed by atoms with Gasteiger partial charge in [-0.15, -0.1) is 0 Å². The van der Waals surface area contributed by atoms with Crippen molar-refractivity contribution < 1.29 is 9.13 Å². The van der Waals surface area contributed by atoms with E-state index in [-0.39, 0.29) is 5.82 Å². The summed E-state index contributed by atoms with van der Waals surface area (Å²) in [6.45, 7) is 4.17. The van der Waals surface area contributed by atoms with Crippen molar-refractivity contribution in [1.29, 1.82) is 0 Å². The molecule has 100 valence electrons. The molecule has 19 heavy (non-hydrogen) atoms. The molecule has 0 heterocycles. The lowest BCUT2D eigenvalue weighted by Crippen LogP contribution is -1.98. The molecule has 0 saturated heterocycles. The molecular formula is C15H13BrClFO. The van der Waals surface area contributed by atoms with Crippen molar-refractivity contribution in [2.75, 3.05) is 0 Å². The van der Waals surface area contributed by atoms with Crippen molar-refractivity contribution in [2.24, 2.45) is 0 Å². The molecule has 0 aliphatic heterocycles. The van der Waals surface area contributed by atoms with Crippen molar-refractivity contribution in [2.45, 2.75) is 20.5 Å². The van der Waals surface area contributed by atoms with Gasteiger partial charge in [0.2, 0.25) is 0 Å². The van der Waals surface area contributed by atoms with Crippen LogP contribution in [0.2, 0.25) is 5.02 Å². The third-order valence-electron chi connectivity index (χ3n) is 2.84. The van der Waals surface area contributed by atoms with Crippen LogP contribution in [0.3, 0.4) is 0 Å². The molecule has 0 N–H and O–H groups in total. The summed E-state index contributed by atoms with van der Waals surface area (Å²) in [6.07, 6.45) is 0. The Bertz CT molecular complexity index is 590. The van der Waals surface area contributed by atoms with E-state index in [0.717, 1.165) is 27.5 Å². The monoisotopic (exact) mass is 342 g/mol. The minimum Gasteiger partial charge on any atom is -0.489 e. The van der Waals surface area contributed by atoms with Gasteiger partial charge in [-0.05, 0) is 59.1 Å². The molecule has 0 amide bonds. The van der Waals surface area contributed by atoms with Gasteiger partial charge in [0.15, 0.2) is 0 Å². The van der Waals surface area contributed by atoms with Crippen LogP contribution in [0.4, 0.5) is 4.39 Å². The lowest BCUT2D eigenvalue weighted by molar-refractivity contribution is 0.304. The number of halogens is 3. The summed E-state index contributed by atoms with van der Waals surface area (Å²) >= 11 is 9.32. The quantitative estimate of drug-likeness (QED) is 0.721. The van der Waals surface area contributed by atoms with Crippen molar-refractivity contribution in [3.8, 4) is 5.75 Å². The Balaban J connectivity index is 2.17. The maximum absolute atomic E-state index is 13.4. The first-order valence-corrected chi connectivity index (χ1v) is 6.98. The standard InChI is InChI=1S/C15H13BrClFO/c1-9-6-12(7-10(2)15(9)17)19-8-11-4-3-5-13(18)14(11)16/h3-7H,8H2,1-2H3. The fraction of sp³-hybridized carbons (Fsp3) is 0.200. The molecule has 0 spiro atoms. The predicted octanol–water partition coefficient (Wildman–Crippen LogP) is 5.44. The van der Waals surface area contributed by atoms with Gasteiger partial charge >= 0.3 is 0 Å². The maximum atomic E-state index is 13.4. The van der Waals surface area contributed by atoms with Crippen molar-refractivity contribution >= 4 is 27.5 Å². The molecule has 0 bridgehead atoms. The van der Waals surface area contributed by atoms with Crippen LogP contribution in [0.25, 0.3) is 0 Å². The summed E-state index contributed by atoms with van der Waals surface area (Å²) in [5.41, 5.74) is 2.70. The molecule has 0 radical (unpaired) electrons. The summed E-state index contributed by atoms with van der Waals surface area (Å²) in [6, 6.07) is 8.65. The Hall–Kier alpha value is -1.06. The third kappa shape index (κ3) is 3.28. The second-order valence-corrected chi connectivity index (χ2v) is 5.54. The summed E-state index contributed by atoms with van der Waals surface area (Å²) in [4.78, 5) is 0. The molecule has 2 aromatic rings. The SMILES string of the molecule is Cc1cc(OCc2cccc(F)c2Br)cc(C)c1Cl. The summed E-state index contributed by atoms with van der Waals surface area (Å²) in [5, 5.41) is 0.749. The minimum absolute atomic E-state index is 0.287. The van der Waals surface area contributed by atoms with Crippen molar-refractivity contribution in [1.82, 2.24) is 0 Å². The maximum Gasteiger partial charge on any atom is 0.137 e. The molecule has 2 rings (SSSR count). The lowest BCUT2D eigenvalue weighted by Gasteiger charge is -2.11. The van der Waals surface area contributed by atoms with E-state index >= 15 is 0 Å². The normalized spacial score (nSPS) is 10.6. The van der Waals surface area contributed by atoms with Gasteiger partial charge in [0, 0.05) is 10.6 Å². The molecule has 1 nitrogen and oxygen atoms in total. The molecule has 0 aliphatic carbocycles. The van der Waals surface area contributed by atoms with E-state index in [0.29, 0.717) is 11.1 Å². The fourth-order valence-electron chi connectivity index (χ4n) is 1.81. The largest absolute Gasteiger partial charge is 0.489 e. The molecule has 0 atom stereocenters. The van der Waals surface area contributed by atoms with E-state index in [4.69, 9.17) is 16.3 Å². The molecule has 0 aromatic heterocycles. The number of hydrogen-bond donors (Lipinski definition) is 0. The Morgan fingerprint density at radius 3 is 2.47 bits per heavy atom. The van der Waals surface area contributed by atoms with Crippen molar-refractivity contribution in [3.63, 3.8) is 0 Å². The van der Waals surface area contributed by atoms with Gasteiger partial charge in [-0.25, -0.2) is 4.39 Å². The van der Waals surface area contributed by atoms with Crippen LogP contribution in [0.5, 0.6) is 5.75 Å². The van der Waals surface area contributed by atoms with E-state index in [2.05, 4.69) is 15.9 Å². The molecule has 0 fully saturated rings. The third-order valence-corrected chi connectivity index (χ3v) is 4.32. The smallest absolute Gasteiger partial charge is 0.137 e. The Labute approximate surface area is 125 Å². The Kier molecular flexibility index (Phi) is 4.48. The van der Waals surface area contributed by atoms with Crippen LogP contribution in [-0.2, 0) is 6.61 Å². The molecule has 0 aliphatic rings. The van der Waals surface area contributed by atoms with E-state index in [1.807, 2.05) is 32.0 Å². The van der Waals surface area contributed by atoms with Crippen molar-refractivity contribution in [3.05, 3.63) is 62.3 Å². The van der Waals surface area contributed by atoms with E-state index in [1.54, 1.807) is 6.07 Å². The number of ether oxygens (including phenoxy) is 1. The van der Waals surface area contributed by atoms with Crippen LogP contribution in [0, 0.1) is 19.7 Å². The Morgan fingerprint density at radius 2 is 1.84 bits per heavy atom. The van der Waals surface area contributed by atoms with Gasteiger partial charge in [-0.3, -0.25) is 0 Å². The molecular weight excluding hydrogens is 331 g/mol. The number of aryl methyl sites for hydroxylation is 2. The second kappa shape index (κ2) is 5.93. The molecule has 0 unspecified atom stereocenters. The zero-order chi connectivity index (χ0) is 14.0. The predicted molar refractivity (Wildman–Crippen MR) is 79.4 cm³/mol. The Morgan fingerprint density at radius 1 is 1.21 bits per heavy atom. The van der Waals surface area contributed by atoms with Gasteiger partial charge < -0.3 is 4.74 Å². The van der Waals surface area contributed by atoms with Gasteiger partial charge in [0.25, 0.3) is 0 Å². The average molecular weight is 344 g/mol. The van der Waals surface area contributed by atoms with E-state index in [9.17, 15) is 4.39 Å². The number of benzene rings is 2. The average Bonchev–Trinajstić information content (AvgIpc) is 2.37. The van der Waals surface area contributed by atoms with Crippen LogP contribution in [0.15, 0.2) is 34.8 Å². The summed E-state index contributed by atoms with van der Waals surface area (Å²) in [7, 11) is 0. The van der Waals surface area contributed by atoms with Crippen LogP contribution < -0.4 is 4.74 Å². The highest BCUT2D eigenvalue weighted by Crippen LogP contribution is 2.27. The number of rotatable bonds is 3. The van der Waals surface area contributed by atoms with Gasteiger partial charge in [0.1, 0.15) is 18.2 Å². The fourth-order valence-corrected chi connectivity index (χ4v) is 2.30. The highest BCUT2D eigenvalue weighted by molar-refractivity contribution is 9.10. The van der Waals surface area contributed by atoms with Crippen LogP contribution in [-0.4, -0.2) is 0 Å². The summed E-state index contributed by atoms with van der Waals surface area (Å²) in [5.74, 6) is 0.445. The van der Waals surface area contributed by atoms with Crippen LogP contribution in [0.1, 0.15) is 16.7 Å².